The molecule has 4 aromatic rings. The minimum atomic E-state index is -5.23. The first-order valence-electron chi connectivity index (χ1n) is 16.0. The van der Waals surface area contributed by atoms with Gasteiger partial charge in [-0.3, -0.25) is 13.9 Å². The monoisotopic (exact) mass is 847 g/mol. The average molecular weight is 849 g/mol. The molecule has 6 N–H and O–H groups in total. The van der Waals surface area contributed by atoms with Gasteiger partial charge in [0.05, 0.1) is 48.5 Å². The number of thioether (sulfide) groups is 1. The maximum Gasteiger partial charge on any atom is 0.384 e. The molecule has 0 spiro atoms. The number of benzene rings is 3. The average Bonchev–Trinajstić information content (AvgIpc) is 2.97. The number of carboxylic acid groups (broad SMARTS) is 2. The Morgan fingerprint density at radius 2 is 1.23 bits per heavy atom. The zero-order valence-corrected chi connectivity index (χ0v) is 33.7. The minimum Gasteiger partial charge on any atom is -0.481 e. The summed E-state index contributed by atoms with van der Waals surface area (Å²) in [4.78, 5) is 23.1. The SMILES string of the molecule is CC1CC(C)(C)Nc2c1cc1c(-c3c(Cl)c(SCC(=O)O)c(Cl)c(Cl)c3C(=O)O)c3cc4c(c(S(=O)(=O)O)c3[o+]c1c2S(=O)(=O)O)NC(C)(C)CC4C. The van der Waals surface area contributed by atoms with Crippen molar-refractivity contribution in [3.05, 3.63) is 43.9 Å². The normalized spacial score (nSPS) is 19.3. The highest BCUT2D eigenvalue weighted by molar-refractivity contribution is 8.00. The fourth-order valence-corrected chi connectivity index (χ4v) is 11.3. The van der Waals surface area contributed by atoms with Gasteiger partial charge in [-0.25, -0.2) is 9.21 Å². The molecular weight excluding hydrogens is 815 g/mol. The van der Waals surface area contributed by atoms with E-state index in [2.05, 4.69) is 10.6 Å². The fraction of sp³-hybridized carbons (Fsp3) is 0.382. The molecule has 13 nitrogen and oxygen atoms in total. The summed E-state index contributed by atoms with van der Waals surface area (Å²) < 4.78 is 81.9. The number of carbonyl (C=O) groups is 2. The van der Waals surface area contributed by atoms with E-state index in [0.29, 0.717) is 35.7 Å². The van der Waals surface area contributed by atoms with Crippen LogP contribution >= 0.6 is 46.6 Å². The second-order valence-electron chi connectivity index (χ2n) is 14.8. The molecule has 0 radical (unpaired) electrons. The second kappa shape index (κ2) is 13.0. The Hall–Kier alpha value is -3.09. The largest absolute Gasteiger partial charge is 0.481 e. The molecule has 2 aliphatic rings. The third-order valence-electron chi connectivity index (χ3n) is 9.50. The number of halogens is 3. The van der Waals surface area contributed by atoms with E-state index in [1.54, 1.807) is 0 Å². The fourth-order valence-electron chi connectivity index (χ4n) is 7.80. The van der Waals surface area contributed by atoms with Gasteiger partial charge in [-0.15, -0.1) is 11.8 Å². The predicted molar refractivity (Wildman–Crippen MR) is 205 cm³/mol. The molecule has 3 heterocycles. The van der Waals surface area contributed by atoms with Gasteiger partial charge in [-0.2, -0.15) is 16.8 Å². The van der Waals surface area contributed by atoms with Gasteiger partial charge in [0.15, 0.2) is 0 Å². The van der Waals surface area contributed by atoms with E-state index >= 15 is 0 Å². The molecule has 3 aromatic carbocycles. The molecule has 2 aliphatic heterocycles. The Morgan fingerprint density at radius 3 is 1.60 bits per heavy atom. The van der Waals surface area contributed by atoms with E-state index in [9.17, 15) is 45.7 Å². The highest BCUT2D eigenvalue weighted by Gasteiger charge is 2.45. The van der Waals surface area contributed by atoms with Crippen LogP contribution in [0.4, 0.5) is 11.4 Å². The van der Waals surface area contributed by atoms with E-state index in [0.717, 1.165) is 0 Å². The summed E-state index contributed by atoms with van der Waals surface area (Å²) in [5.41, 5.74) is -3.13. The van der Waals surface area contributed by atoms with Crippen molar-refractivity contribution < 1.29 is 50.2 Å². The summed E-state index contributed by atoms with van der Waals surface area (Å²) >= 11 is 20.8. The molecule has 2 unspecified atom stereocenters. The molecule has 284 valence electrons. The molecule has 1 aromatic heterocycles. The van der Waals surface area contributed by atoms with Crippen LogP contribution in [0.2, 0.25) is 15.1 Å². The standard InChI is InChI=1S/C34H33Cl3N2O11S3/c1-12-9-33(3,4)38-25-14(12)7-16-19(20-21(32(42)43)22(35)24(37)29(23(20)36)51-11-18(40)41)17-8-15-13(2)10-34(5,6)39-26(15)31(53(47,48)49)28(17)50-27(16)30(25)52(44,45)46/h7-8,12-13,38-39H,9-11H2,1-6H3,(H3-,40,41,42,43,44,45,46,47,48,49)/p+1. The molecule has 0 amide bonds. The Labute approximate surface area is 323 Å². The molecule has 0 saturated heterocycles. The van der Waals surface area contributed by atoms with E-state index < -0.39 is 85.6 Å². The lowest BCUT2D eigenvalue weighted by molar-refractivity contribution is -0.133. The zero-order valence-electron chi connectivity index (χ0n) is 28.9. The van der Waals surface area contributed by atoms with Gasteiger partial charge >= 0.3 is 43.3 Å². The topological polar surface area (TPSA) is 219 Å². The van der Waals surface area contributed by atoms with Crippen LogP contribution in [0.3, 0.4) is 0 Å². The Kier molecular flexibility index (Phi) is 9.72. The van der Waals surface area contributed by atoms with E-state index in [-0.39, 0.29) is 55.0 Å². The highest BCUT2D eigenvalue weighted by atomic mass is 35.5. The number of rotatable bonds is 7. The van der Waals surface area contributed by atoms with E-state index in [1.165, 1.54) is 12.1 Å². The quantitative estimate of drug-likeness (QED) is 0.0336. The first-order valence-corrected chi connectivity index (χ1v) is 21.0. The summed E-state index contributed by atoms with van der Waals surface area (Å²) in [5, 5.41) is 24.9. The highest BCUT2D eigenvalue weighted by Crippen LogP contribution is 2.56. The van der Waals surface area contributed by atoms with Crippen LogP contribution in [-0.4, -0.2) is 64.9 Å². The number of aromatic carboxylic acids is 1. The lowest BCUT2D eigenvalue weighted by atomic mass is 9.79. The van der Waals surface area contributed by atoms with Crippen LogP contribution in [-0.2, 0) is 25.0 Å². The molecular formula is C34H34Cl3N2O11S3+. The Bertz CT molecular complexity index is 2430. The van der Waals surface area contributed by atoms with Crippen LogP contribution in [0.1, 0.15) is 87.7 Å². The second-order valence-corrected chi connectivity index (χ2v) is 19.6. The molecule has 0 bridgehead atoms. The zero-order chi connectivity index (χ0) is 39.5. The van der Waals surface area contributed by atoms with Gasteiger partial charge in [-0.05, 0) is 75.6 Å². The number of aliphatic carboxylic acids is 1. The van der Waals surface area contributed by atoms with Gasteiger partial charge in [0.25, 0.3) is 0 Å². The van der Waals surface area contributed by atoms with Gasteiger partial charge < -0.3 is 20.8 Å². The summed E-state index contributed by atoms with van der Waals surface area (Å²) in [7, 11) is -10.5. The van der Waals surface area contributed by atoms with Crippen LogP contribution in [0.25, 0.3) is 33.1 Å². The van der Waals surface area contributed by atoms with Crippen LogP contribution in [0, 0.1) is 0 Å². The number of hydrogen-bond acceptors (Lipinski definition) is 9. The van der Waals surface area contributed by atoms with E-state index in [1.807, 2.05) is 41.5 Å². The molecule has 0 saturated carbocycles. The van der Waals surface area contributed by atoms with Crippen molar-refractivity contribution in [1.29, 1.82) is 0 Å². The summed E-state index contributed by atoms with van der Waals surface area (Å²) in [5.74, 6) is -4.20. The van der Waals surface area contributed by atoms with Gasteiger partial charge in [0.2, 0.25) is 9.79 Å². The summed E-state index contributed by atoms with van der Waals surface area (Å²) in [6, 6.07) is 3.08. The molecule has 2 atom stereocenters. The summed E-state index contributed by atoms with van der Waals surface area (Å²) in [6.45, 7) is 10.9. The molecule has 6 rings (SSSR count). The van der Waals surface area contributed by atoms with Crippen molar-refractivity contribution in [2.75, 3.05) is 16.4 Å². The van der Waals surface area contributed by atoms with Gasteiger partial charge in [0.1, 0.15) is 0 Å². The third kappa shape index (κ3) is 6.79. The Balaban J connectivity index is 2.01. The maximum atomic E-state index is 13.5. The maximum absolute atomic E-state index is 13.5. The van der Waals surface area contributed by atoms with Crippen LogP contribution < -0.4 is 10.6 Å². The lowest BCUT2D eigenvalue weighted by Crippen LogP contribution is -2.37. The van der Waals surface area contributed by atoms with Crippen LogP contribution in [0.5, 0.6) is 0 Å². The molecule has 19 heteroatoms. The Morgan fingerprint density at radius 1 is 0.792 bits per heavy atom. The molecule has 0 aliphatic carbocycles. The molecule has 0 fully saturated rings. The number of carboxylic acids is 2. The van der Waals surface area contributed by atoms with Crippen molar-refractivity contribution >= 4 is 112 Å². The smallest absolute Gasteiger partial charge is 0.384 e. The van der Waals surface area contributed by atoms with Crippen molar-refractivity contribution in [3.8, 4) is 11.1 Å². The lowest BCUT2D eigenvalue weighted by Gasteiger charge is -2.38. The first-order chi connectivity index (χ1) is 24.3. The minimum absolute atomic E-state index is 0.0338. The number of anilines is 2. The van der Waals surface area contributed by atoms with Gasteiger partial charge in [-0.1, -0.05) is 48.7 Å². The van der Waals surface area contributed by atoms with Crippen LogP contribution in [0.15, 0.2) is 31.2 Å². The number of hydrogen-bond donors (Lipinski definition) is 6. The molecule has 53 heavy (non-hydrogen) atoms. The van der Waals surface area contributed by atoms with E-state index in [4.69, 9.17) is 39.2 Å². The van der Waals surface area contributed by atoms with Crippen molar-refractivity contribution in [2.24, 2.45) is 0 Å². The summed E-state index contributed by atoms with van der Waals surface area (Å²) in [6.07, 6.45) is 0.972. The number of fused-ring (bicyclic) bond motifs is 4. The van der Waals surface area contributed by atoms with Crippen molar-refractivity contribution in [1.82, 2.24) is 0 Å². The predicted octanol–water partition coefficient (Wildman–Crippen LogP) is 9.26. The van der Waals surface area contributed by atoms with Crippen molar-refractivity contribution in [2.45, 2.75) is 92.0 Å². The first kappa shape index (κ1) is 39.6. The number of nitrogens with one attached hydrogen (secondary N) is 2. The van der Waals surface area contributed by atoms with Crippen molar-refractivity contribution in [3.63, 3.8) is 0 Å². The third-order valence-corrected chi connectivity index (χ3v) is 13.9. The van der Waals surface area contributed by atoms with Gasteiger partial charge in [0, 0.05) is 27.1 Å².